The summed E-state index contributed by atoms with van der Waals surface area (Å²) in [5.74, 6) is -0.703. The lowest BCUT2D eigenvalue weighted by Crippen LogP contribution is -2.40. The Labute approximate surface area is 182 Å². The first-order valence-corrected chi connectivity index (χ1v) is 10.3. The molecule has 3 N–H and O–H groups in total. The fourth-order valence-corrected chi connectivity index (χ4v) is 3.42. The van der Waals surface area contributed by atoms with Crippen molar-refractivity contribution < 1.29 is 19.1 Å². The number of methoxy groups -OCH3 is 1. The summed E-state index contributed by atoms with van der Waals surface area (Å²) in [5, 5.41) is 8.34. The lowest BCUT2D eigenvalue weighted by Gasteiger charge is -2.22. The summed E-state index contributed by atoms with van der Waals surface area (Å²) in [7, 11) is 1.56. The maximum atomic E-state index is 13.1. The van der Waals surface area contributed by atoms with Crippen molar-refractivity contribution in [1.29, 1.82) is 0 Å². The normalized spacial score (nSPS) is 16.9. The summed E-state index contributed by atoms with van der Waals surface area (Å²) in [6, 6.07) is 13.7. The fourth-order valence-electron chi connectivity index (χ4n) is 3.42. The maximum Gasteiger partial charge on any atom is 0.251 e. The van der Waals surface area contributed by atoms with E-state index in [1.165, 1.54) is 0 Å². The molecule has 0 bridgehead atoms. The van der Waals surface area contributed by atoms with Gasteiger partial charge in [0.25, 0.3) is 5.91 Å². The smallest absolute Gasteiger partial charge is 0.251 e. The second kappa shape index (κ2) is 9.20. The van der Waals surface area contributed by atoms with E-state index in [2.05, 4.69) is 36.7 Å². The van der Waals surface area contributed by atoms with Gasteiger partial charge in [-0.1, -0.05) is 45.0 Å². The molecule has 0 saturated carbocycles. The van der Waals surface area contributed by atoms with E-state index in [-0.39, 0.29) is 36.1 Å². The number of carbonyl (C=O) groups excluding carboxylic acids is 3. The Balaban J connectivity index is 1.79. The SMILES string of the molecule is COc1ccc(C(NC(=O)[C@@H]2CNC(=O)C2)C(=O)Nc2ccc(C(C)(C)C)cc2)cc1. The van der Waals surface area contributed by atoms with Crippen LogP contribution in [0.1, 0.15) is 44.4 Å². The monoisotopic (exact) mass is 423 g/mol. The second-order valence-corrected chi connectivity index (χ2v) is 8.74. The second-order valence-electron chi connectivity index (χ2n) is 8.74. The van der Waals surface area contributed by atoms with E-state index in [1.807, 2.05) is 24.3 Å². The van der Waals surface area contributed by atoms with E-state index < -0.39 is 12.0 Å². The molecule has 1 heterocycles. The van der Waals surface area contributed by atoms with Crippen LogP contribution in [0, 0.1) is 5.92 Å². The van der Waals surface area contributed by atoms with Gasteiger partial charge in [-0.05, 0) is 40.8 Å². The average Bonchev–Trinajstić information content (AvgIpc) is 3.18. The molecule has 3 rings (SSSR count). The summed E-state index contributed by atoms with van der Waals surface area (Å²) in [5.41, 5.74) is 2.43. The van der Waals surface area contributed by atoms with Crippen LogP contribution in [0.2, 0.25) is 0 Å². The summed E-state index contributed by atoms with van der Waals surface area (Å²) >= 11 is 0. The summed E-state index contributed by atoms with van der Waals surface area (Å²) in [6.07, 6.45) is 0.122. The largest absolute Gasteiger partial charge is 0.497 e. The van der Waals surface area contributed by atoms with Crippen molar-refractivity contribution in [3.8, 4) is 5.75 Å². The Morgan fingerprint density at radius 2 is 1.71 bits per heavy atom. The van der Waals surface area contributed by atoms with Crippen molar-refractivity contribution in [2.45, 2.75) is 38.6 Å². The Morgan fingerprint density at radius 3 is 2.23 bits per heavy atom. The topological polar surface area (TPSA) is 96.5 Å². The van der Waals surface area contributed by atoms with E-state index in [0.717, 1.165) is 5.56 Å². The Bertz CT molecular complexity index is 946. The Morgan fingerprint density at radius 1 is 1.06 bits per heavy atom. The van der Waals surface area contributed by atoms with Crippen molar-refractivity contribution >= 4 is 23.4 Å². The lowest BCUT2D eigenvalue weighted by molar-refractivity contribution is -0.129. The van der Waals surface area contributed by atoms with E-state index in [9.17, 15) is 14.4 Å². The van der Waals surface area contributed by atoms with Crippen LogP contribution in [0.4, 0.5) is 5.69 Å². The van der Waals surface area contributed by atoms with Crippen LogP contribution in [0.5, 0.6) is 5.75 Å². The molecule has 1 aliphatic rings. The highest BCUT2D eigenvalue weighted by Crippen LogP contribution is 2.25. The van der Waals surface area contributed by atoms with Gasteiger partial charge < -0.3 is 20.7 Å². The minimum absolute atomic E-state index is 0.00883. The quantitative estimate of drug-likeness (QED) is 0.666. The molecule has 2 aromatic rings. The highest BCUT2D eigenvalue weighted by molar-refractivity contribution is 5.99. The number of nitrogens with one attached hydrogen (secondary N) is 3. The molecule has 2 atom stereocenters. The van der Waals surface area contributed by atoms with Crippen LogP contribution < -0.4 is 20.7 Å². The minimum Gasteiger partial charge on any atom is -0.497 e. The van der Waals surface area contributed by atoms with Crippen LogP contribution in [-0.4, -0.2) is 31.4 Å². The standard InChI is InChI=1S/C24H29N3O4/c1-24(2,3)17-7-9-18(10-8-17)26-23(30)21(15-5-11-19(31-4)12-6-15)27-22(29)16-13-20(28)25-14-16/h5-12,16,21H,13-14H2,1-4H3,(H,25,28)(H,26,30)(H,27,29)/t16-,21?/m0/s1. The van der Waals surface area contributed by atoms with Crippen molar-refractivity contribution in [1.82, 2.24) is 10.6 Å². The van der Waals surface area contributed by atoms with Gasteiger partial charge in [0, 0.05) is 18.7 Å². The zero-order valence-corrected chi connectivity index (χ0v) is 18.3. The highest BCUT2D eigenvalue weighted by Gasteiger charge is 2.31. The van der Waals surface area contributed by atoms with Gasteiger partial charge in [0.05, 0.1) is 13.0 Å². The van der Waals surface area contributed by atoms with Crippen molar-refractivity contribution in [3.05, 3.63) is 59.7 Å². The zero-order chi connectivity index (χ0) is 22.6. The fraction of sp³-hybridized carbons (Fsp3) is 0.375. The number of hydrogen-bond donors (Lipinski definition) is 3. The van der Waals surface area contributed by atoms with Gasteiger partial charge in [-0.3, -0.25) is 14.4 Å². The van der Waals surface area contributed by atoms with Crippen LogP contribution in [0.15, 0.2) is 48.5 Å². The molecule has 1 saturated heterocycles. The summed E-state index contributed by atoms with van der Waals surface area (Å²) in [6.45, 7) is 6.64. The van der Waals surface area contributed by atoms with Crippen LogP contribution in [0.25, 0.3) is 0 Å². The number of rotatable bonds is 6. The molecule has 31 heavy (non-hydrogen) atoms. The van der Waals surface area contributed by atoms with Gasteiger partial charge in [0.1, 0.15) is 11.8 Å². The summed E-state index contributed by atoms with van der Waals surface area (Å²) in [4.78, 5) is 37.3. The van der Waals surface area contributed by atoms with Crippen LogP contribution >= 0.6 is 0 Å². The first kappa shape index (κ1) is 22.3. The average molecular weight is 424 g/mol. The molecule has 7 nitrogen and oxygen atoms in total. The molecule has 0 aromatic heterocycles. The zero-order valence-electron chi connectivity index (χ0n) is 18.3. The molecule has 1 unspecified atom stereocenters. The lowest BCUT2D eigenvalue weighted by atomic mass is 9.87. The third kappa shape index (κ3) is 5.63. The molecule has 3 amide bonds. The van der Waals surface area contributed by atoms with Crippen molar-refractivity contribution in [2.75, 3.05) is 19.0 Å². The molecular weight excluding hydrogens is 394 g/mol. The van der Waals surface area contributed by atoms with E-state index in [0.29, 0.717) is 17.0 Å². The number of hydrogen-bond acceptors (Lipinski definition) is 4. The third-order valence-corrected chi connectivity index (χ3v) is 5.36. The third-order valence-electron chi connectivity index (χ3n) is 5.36. The van der Waals surface area contributed by atoms with Crippen molar-refractivity contribution in [2.24, 2.45) is 5.92 Å². The molecule has 0 aliphatic carbocycles. The molecule has 0 radical (unpaired) electrons. The summed E-state index contributed by atoms with van der Waals surface area (Å²) < 4.78 is 5.18. The van der Waals surface area contributed by atoms with E-state index in [4.69, 9.17) is 4.74 Å². The van der Waals surface area contributed by atoms with Gasteiger partial charge in [-0.2, -0.15) is 0 Å². The first-order valence-electron chi connectivity index (χ1n) is 10.3. The van der Waals surface area contributed by atoms with E-state index in [1.54, 1.807) is 31.4 Å². The number of anilines is 1. The first-order chi connectivity index (χ1) is 14.7. The Hall–Kier alpha value is -3.35. The molecule has 164 valence electrons. The van der Waals surface area contributed by atoms with E-state index >= 15 is 0 Å². The predicted molar refractivity (Wildman–Crippen MR) is 119 cm³/mol. The number of amides is 3. The maximum absolute atomic E-state index is 13.1. The molecular formula is C24H29N3O4. The van der Waals surface area contributed by atoms with Crippen LogP contribution in [-0.2, 0) is 19.8 Å². The van der Waals surface area contributed by atoms with Gasteiger partial charge in [-0.25, -0.2) is 0 Å². The van der Waals surface area contributed by atoms with Gasteiger partial charge >= 0.3 is 0 Å². The van der Waals surface area contributed by atoms with Crippen LogP contribution in [0.3, 0.4) is 0 Å². The Kier molecular flexibility index (Phi) is 6.63. The molecule has 0 spiro atoms. The van der Waals surface area contributed by atoms with Gasteiger partial charge in [-0.15, -0.1) is 0 Å². The molecule has 1 aliphatic heterocycles. The van der Waals surface area contributed by atoms with Gasteiger partial charge in [0.15, 0.2) is 0 Å². The molecule has 2 aromatic carbocycles. The predicted octanol–water partition coefficient (Wildman–Crippen LogP) is 2.92. The molecule has 1 fully saturated rings. The van der Waals surface area contributed by atoms with Crippen molar-refractivity contribution in [3.63, 3.8) is 0 Å². The minimum atomic E-state index is -0.906. The number of ether oxygens (including phenoxy) is 1. The highest BCUT2D eigenvalue weighted by atomic mass is 16.5. The number of benzene rings is 2. The molecule has 7 heteroatoms. The van der Waals surface area contributed by atoms with Gasteiger partial charge in [0.2, 0.25) is 11.8 Å². The number of carbonyl (C=O) groups is 3.